The molecule has 1 aromatic heterocycles. The zero-order chi connectivity index (χ0) is 29.5. The third kappa shape index (κ3) is 6.28. The predicted molar refractivity (Wildman–Crippen MR) is 149 cm³/mol. The van der Waals surface area contributed by atoms with E-state index < -0.39 is 35.1 Å². The van der Waals surface area contributed by atoms with Gasteiger partial charge in [0.05, 0.1) is 39.0 Å². The number of carbonyl (C=O) groups is 2. The van der Waals surface area contributed by atoms with E-state index in [1.54, 1.807) is 32.5 Å². The lowest BCUT2D eigenvalue weighted by molar-refractivity contribution is -0.142. The van der Waals surface area contributed by atoms with Crippen molar-refractivity contribution in [3.05, 3.63) is 89.1 Å². The fraction of sp³-hybridized carbons (Fsp3) is 0.258. The molecule has 1 amide bonds. The summed E-state index contributed by atoms with van der Waals surface area (Å²) in [7, 11) is 4.30. The molecule has 0 radical (unpaired) electrons. The smallest absolute Gasteiger partial charge is 0.328 e. The maximum Gasteiger partial charge on any atom is 0.328 e. The fourth-order valence-corrected chi connectivity index (χ4v) is 4.65. The second-order valence-corrected chi connectivity index (χ2v) is 9.03. The van der Waals surface area contributed by atoms with Crippen molar-refractivity contribution in [2.24, 2.45) is 0 Å². The number of fused-ring (bicyclic) bond motifs is 1. The van der Waals surface area contributed by atoms with Gasteiger partial charge in [-0.15, -0.1) is 0 Å². The van der Waals surface area contributed by atoms with Gasteiger partial charge in [0.25, 0.3) is 5.91 Å². The first-order valence-electron chi connectivity index (χ1n) is 12.8. The van der Waals surface area contributed by atoms with Gasteiger partial charge >= 0.3 is 5.97 Å². The lowest BCUT2D eigenvalue weighted by Crippen LogP contribution is -2.43. The van der Waals surface area contributed by atoms with E-state index in [1.807, 2.05) is 31.2 Å². The molecular weight excluding hydrogens is 534 g/mol. The third-order valence-electron chi connectivity index (χ3n) is 6.57. The molecule has 0 bridgehead atoms. The molecule has 4 aromatic rings. The minimum Gasteiger partial charge on any atom is -0.496 e. The Morgan fingerprint density at radius 1 is 0.951 bits per heavy atom. The van der Waals surface area contributed by atoms with E-state index in [0.29, 0.717) is 52.3 Å². The molecule has 1 heterocycles. The molecule has 0 fully saturated rings. The normalized spacial score (nSPS) is 11.7. The fourth-order valence-electron chi connectivity index (χ4n) is 4.65. The van der Waals surface area contributed by atoms with Crippen molar-refractivity contribution in [1.29, 1.82) is 0 Å². The number of nitrogens with zero attached hydrogens (tertiary/aromatic N) is 1. The van der Waals surface area contributed by atoms with Crippen LogP contribution >= 0.6 is 0 Å². The number of ether oxygens (including phenoxy) is 4. The molecule has 8 nitrogen and oxygen atoms in total. The summed E-state index contributed by atoms with van der Waals surface area (Å²) in [5, 5.41) is 3.11. The van der Waals surface area contributed by atoms with Crippen LogP contribution in [-0.2, 0) is 27.3 Å². The zero-order valence-corrected chi connectivity index (χ0v) is 23.1. The number of nitrogens with one attached hydrogen (secondary N) is 1. The summed E-state index contributed by atoms with van der Waals surface area (Å²) in [6.45, 7) is 2.86. The minimum atomic E-state index is -1.23. The number of halogens is 2. The van der Waals surface area contributed by atoms with Crippen LogP contribution in [0.25, 0.3) is 22.0 Å². The number of amides is 1. The van der Waals surface area contributed by atoms with E-state index in [4.69, 9.17) is 18.9 Å². The van der Waals surface area contributed by atoms with Crippen LogP contribution in [0.1, 0.15) is 28.4 Å². The maximum atomic E-state index is 14.2. The Kier molecular flexibility index (Phi) is 9.46. The van der Waals surface area contributed by atoms with Gasteiger partial charge < -0.3 is 24.3 Å². The molecule has 3 aromatic carbocycles. The highest BCUT2D eigenvalue weighted by atomic mass is 19.1. The minimum absolute atomic E-state index is 0.0292. The van der Waals surface area contributed by atoms with Crippen molar-refractivity contribution < 1.29 is 37.3 Å². The Bertz CT molecular complexity index is 1530. The molecule has 1 N–H and O–H groups in total. The standard InChI is InChI=1S/C31H30F2N2O6/c1-5-41-17-18-14-25(38-2)27(26(15-18)39-3)21-12-11-19(20-8-7-13-34-29(20)21)16-24(31(37)40-4)35-30(36)28-22(32)9-6-10-23(28)33/h6-15,24H,5,16-17H2,1-4H3,(H,35,36)/t24-/m0/s1. The molecule has 214 valence electrons. The average molecular weight is 565 g/mol. The summed E-state index contributed by atoms with van der Waals surface area (Å²) in [6, 6.07) is 12.8. The number of aromatic nitrogens is 1. The molecule has 0 aliphatic carbocycles. The molecule has 0 aliphatic rings. The zero-order valence-electron chi connectivity index (χ0n) is 23.1. The van der Waals surface area contributed by atoms with Gasteiger partial charge in [-0.2, -0.15) is 0 Å². The Labute approximate surface area is 236 Å². The highest BCUT2D eigenvalue weighted by Crippen LogP contribution is 2.43. The average Bonchev–Trinajstić information content (AvgIpc) is 2.98. The molecule has 0 spiro atoms. The number of carbonyl (C=O) groups excluding carboxylic acids is 2. The summed E-state index contributed by atoms with van der Waals surface area (Å²) in [5.74, 6) is -2.81. The van der Waals surface area contributed by atoms with E-state index >= 15 is 0 Å². The Morgan fingerprint density at radius 2 is 1.63 bits per heavy atom. The van der Waals surface area contributed by atoms with Crippen molar-refractivity contribution in [3.8, 4) is 22.6 Å². The number of hydrogen-bond acceptors (Lipinski definition) is 7. The van der Waals surface area contributed by atoms with Crippen molar-refractivity contribution in [2.45, 2.75) is 26.0 Å². The van der Waals surface area contributed by atoms with Gasteiger partial charge in [0.15, 0.2) is 0 Å². The van der Waals surface area contributed by atoms with E-state index in [1.165, 1.54) is 7.11 Å². The highest BCUT2D eigenvalue weighted by Gasteiger charge is 2.27. The lowest BCUT2D eigenvalue weighted by atomic mass is 9.93. The quantitative estimate of drug-likeness (QED) is 0.249. The van der Waals surface area contributed by atoms with Crippen molar-refractivity contribution in [2.75, 3.05) is 27.9 Å². The van der Waals surface area contributed by atoms with Crippen LogP contribution in [0.5, 0.6) is 11.5 Å². The first kappa shape index (κ1) is 29.4. The second-order valence-electron chi connectivity index (χ2n) is 9.03. The van der Waals surface area contributed by atoms with Crippen molar-refractivity contribution in [3.63, 3.8) is 0 Å². The van der Waals surface area contributed by atoms with E-state index in [9.17, 15) is 18.4 Å². The first-order valence-corrected chi connectivity index (χ1v) is 12.8. The van der Waals surface area contributed by atoms with Crippen molar-refractivity contribution >= 4 is 22.8 Å². The van der Waals surface area contributed by atoms with Crippen LogP contribution < -0.4 is 14.8 Å². The third-order valence-corrected chi connectivity index (χ3v) is 6.57. The van der Waals surface area contributed by atoms with Crippen LogP contribution in [0.4, 0.5) is 8.78 Å². The molecule has 10 heteroatoms. The Morgan fingerprint density at radius 3 is 2.24 bits per heavy atom. The Hall–Kier alpha value is -4.57. The highest BCUT2D eigenvalue weighted by molar-refractivity contribution is 6.00. The first-order chi connectivity index (χ1) is 19.8. The molecule has 0 saturated heterocycles. The number of benzene rings is 3. The molecule has 4 rings (SSSR count). The summed E-state index contributed by atoms with van der Waals surface area (Å²) >= 11 is 0. The van der Waals surface area contributed by atoms with Crippen LogP contribution in [0.15, 0.2) is 60.8 Å². The monoisotopic (exact) mass is 564 g/mol. The summed E-state index contributed by atoms with van der Waals surface area (Å²) < 4.78 is 50.4. The van der Waals surface area contributed by atoms with E-state index in [2.05, 4.69) is 10.3 Å². The maximum absolute atomic E-state index is 14.2. The van der Waals surface area contributed by atoms with E-state index in [-0.39, 0.29) is 6.42 Å². The number of rotatable bonds is 11. The van der Waals surface area contributed by atoms with Gasteiger partial charge in [-0.05, 0) is 48.4 Å². The van der Waals surface area contributed by atoms with Crippen molar-refractivity contribution in [1.82, 2.24) is 10.3 Å². The van der Waals surface area contributed by atoms with Gasteiger partial charge in [0, 0.05) is 30.2 Å². The summed E-state index contributed by atoms with van der Waals surface area (Å²) in [4.78, 5) is 30.1. The topological polar surface area (TPSA) is 96.0 Å². The molecule has 0 aliphatic heterocycles. The molecule has 0 unspecified atom stereocenters. The van der Waals surface area contributed by atoms with Gasteiger partial charge in [-0.25, -0.2) is 13.6 Å². The number of esters is 1. The summed E-state index contributed by atoms with van der Waals surface area (Å²) in [6.07, 6.45) is 1.61. The largest absolute Gasteiger partial charge is 0.496 e. The van der Waals surface area contributed by atoms with Gasteiger partial charge in [-0.3, -0.25) is 9.78 Å². The van der Waals surface area contributed by atoms with Crippen LogP contribution in [0, 0.1) is 11.6 Å². The molecule has 0 saturated carbocycles. The summed E-state index contributed by atoms with van der Waals surface area (Å²) in [5.41, 5.74) is 2.73. The van der Waals surface area contributed by atoms with E-state index in [0.717, 1.165) is 23.8 Å². The molecule has 1 atom stereocenters. The Balaban J connectivity index is 1.76. The lowest BCUT2D eigenvalue weighted by Gasteiger charge is -2.20. The molecular formula is C31H30F2N2O6. The van der Waals surface area contributed by atoms with Gasteiger partial charge in [0.2, 0.25) is 0 Å². The van der Waals surface area contributed by atoms with Crippen LogP contribution in [0.3, 0.4) is 0 Å². The number of methoxy groups -OCH3 is 3. The van der Waals surface area contributed by atoms with Crippen LogP contribution in [0.2, 0.25) is 0 Å². The predicted octanol–water partition coefficient (Wildman–Crippen LogP) is 5.25. The SMILES string of the molecule is CCOCc1cc(OC)c(-c2ccc(C[C@H](NC(=O)c3c(F)cccc3F)C(=O)OC)c3cccnc23)c(OC)c1. The molecule has 41 heavy (non-hydrogen) atoms. The van der Waals surface area contributed by atoms with Crippen LogP contribution in [-0.4, -0.2) is 50.8 Å². The van der Waals surface area contributed by atoms with Gasteiger partial charge in [-0.1, -0.05) is 24.3 Å². The van der Waals surface area contributed by atoms with Gasteiger partial charge in [0.1, 0.15) is 34.7 Å². The number of hydrogen-bond donors (Lipinski definition) is 1. The number of pyridine rings is 1. The second kappa shape index (κ2) is 13.2.